The minimum Gasteiger partial charge on any atom is -0.245 e. The zero-order valence-corrected chi connectivity index (χ0v) is 18.7. The molecule has 0 bridgehead atoms. The quantitative estimate of drug-likeness (QED) is 0.278. The third-order valence-electron chi connectivity index (χ3n) is 6.28. The predicted octanol–water partition coefficient (Wildman–Crippen LogP) is 6.83. The van der Waals surface area contributed by atoms with E-state index in [4.69, 9.17) is 20.1 Å². The number of rotatable bonds is 3. The van der Waals surface area contributed by atoms with E-state index in [0.29, 0.717) is 11.5 Å². The molecule has 164 valence electrons. The van der Waals surface area contributed by atoms with E-state index < -0.39 is 0 Å². The molecule has 35 heavy (non-hydrogen) atoms. The number of nitrogens with zero attached hydrogens (tertiary/aromatic N) is 5. The normalized spacial score (nSPS) is 11.4. The fourth-order valence-corrected chi connectivity index (χ4v) is 4.65. The molecule has 0 amide bonds. The fourth-order valence-electron chi connectivity index (χ4n) is 4.65. The van der Waals surface area contributed by atoms with Gasteiger partial charge in [-0.3, -0.25) is 0 Å². The summed E-state index contributed by atoms with van der Waals surface area (Å²) in [6, 6.07) is 36.8. The number of fused-ring (bicyclic) bond motifs is 4. The molecule has 0 radical (unpaired) electrons. The summed E-state index contributed by atoms with van der Waals surface area (Å²) in [5.41, 5.74) is 6.25. The monoisotopic (exact) mass is 449 g/mol. The summed E-state index contributed by atoms with van der Waals surface area (Å²) in [5.74, 6) is 0.584. The maximum atomic E-state index is 5.00. The average molecular weight is 450 g/mol. The lowest BCUT2D eigenvalue weighted by Gasteiger charge is -2.09. The Bertz CT molecular complexity index is 1850. The third-order valence-corrected chi connectivity index (χ3v) is 6.28. The Morgan fingerprint density at radius 2 is 1.26 bits per heavy atom. The van der Waals surface area contributed by atoms with Gasteiger partial charge >= 0.3 is 0 Å². The van der Waals surface area contributed by atoms with Crippen molar-refractivity contribution in [2.24, 2.45) is 0 Å². The van der Waals surface area contributed by atoms with Gasteiger partial charge in [0.25, 0.3) is 0 Å². The van der Waals surface area contributed by atoms with Gasteiger partial charge in [0.2, 0.25) is 5.82 Å². The first kappa shape index (κ1) is 19.6. The van der Waals surface area contributed by atoms with Crippen LogP contribution in [0.4, 0.5) is 0 Å². The van der Waals surface area contributed by atoms with E-state index in [9.17, 15) is 0 Å². The van der Waals surface area contributed by atoms with Gasteiger partial charge in [0.15, 0.2) is 5.65 Å². The number of pyridine rings is 3. The smallest absolute Gasteiger partial charge is 0.200 e. The van der Waals surface area contributed by atoms with Crippen LogP contribution in [0.1, 0.15) is 0 Å². The molecule has 3 aromatic carbocycles. The van der Waals surface area contributed by atoms with Gasteiger partial charge in [0, 0.05) is 22.5 Å². The molecule has 0 atom stereocenters. The van der Waals surface area contributed by atoms with Crippen molar-refractivity contribution in [1.29, 1.82) is 0 Å². The first-order valence-electron chi connectivity index (χ1n) is 11.5. The molecule has 0 aliphatic heterocycles. The summed E-state index contributed by atoms with van der Waals surface area (Å²) >= 11 is 0. The zero-order valence-electron chi connectivity index (χ0n) is 18.7. The highest BCUT2D eigenvalue weighted by Gasteiger charge is 2.15. The summed E-state index contributed by atoms with van der Waals surface area (Å²) in [6.45, 7) is 0. The second kappa shape index (κ2) is 7.85. The highest BCUT2D eigenvalue weighted by atomic mass is 15.3. The Balaban J connectivity index is 1.40. The topological polar surface area (TPSA) is 56.0 Å². The van der Waals surface area contributed by atoms with Crippen LogP contribution in [-0.4, -0.2) is 24.6 Å². The highest BCUT2D eigenvalue weighted by Crippen LogP contribution is 2.32. The van der Waals surface area contributed by atoms with Crippen LogP contribution in [0.25, 0.3) is 61.4 Å². The molecule has 7 aromatic rings. The van der Waals surface area contributed by atoms with E-state index >= 15 is 0 Å². The van der Waals surface area contributed by atoms with Crippen molar-refractivity contribution in [2.45, 2.75) is 0 Å². The number of hydrogen-bond acceptors (Lipinski definition) is 4. The van der Waals surface area contributed by atoms with E-state index in [1.165, 1.54) is 5.39 Å². The molecule has 0 aliphatic carbocycles. The summed E-state index contributed by atoms with van der Waals surface area (Å²) in [6.07, 6.45) is 1.92. The van der Waals surface area contributed by atoms with Crippen LogP contribution >= 0.6 is 0 Å². The van der Waals surface area contributed by atoms with Gasteiger partial charge in [-0.15, -0.1) is 5.10 Å². The number of para-hydroxylation sites is 1. The lowest BCUT2D eigenvalue weighted by Crippen LogP contribution is -1.94. The van der Waals surface area contributed by atoms with Crippen molar-refractivity contribution < 1.29 is 0 Å². The minimum absolute atomic E-state index is 0.584. The standard InChI is InChI=1S/C30H19N5/c1-2-10-20(11-3-1)21-15-9-19-35-30(21)33-29(34-35)27-18-8-17-26(31-27)28-24-14-5-4-12-22(24)23-13-6-7-16-25(23)32-28/h1-19H. The number of benzene rings is 3. The van der Waals surface area contributed by atoms with Crippen LogP contribution in [0, 0.1) is 0 Å². The van der Waals surface area contributed by atoms with Crippen LogP contribution in [-0.2, 0) is 0 Å². The van der Waals surface area contributed by atoms with E-state index in [-0.39, 0.29) is 0 Å². The SMILES string of the molecule is c1ccc(-c2cccn3nc(-c4cccc(-c5nc6ccccc6c6ccccc56)n4)nc23)cc1. The second-order valence-electron chi connectivity index (χ2n) is 8.42. The van der Waals surface area contributed by atoms with E-state index in [1.807, 2.05) is 77.4 Å². The van der Waals surface area contributed by atoms with Gasteiger partial charge in [-0.1, -0.05) is 78.9 Å². The summed E-state index contributed by atoms with van der Waals surface area (Å²) in [5, 5.41) is 8.12. The predicted molar refractivity (Wildman–Crippen MR) is 140 cm³/mol. The molecule has 0 saturated carbocycles. The molecule has 5 heteroatoms. The Hall–Kier alpha value is -4.90. The Morgan fingerprint density at radius 1 is 0.514 bits per heavy atom. The van der Waals surface area contributed by atoms with Crippen LogP contribution in [0.5, 0.6) is 0 Å². The molecule has 0 spiro atoms. The van der Waals surface area contributed by atoms with Gasteiger partial charge in [-0.25, -0.2) is 19.5 Å². The van der Waals surface area contributed by atoms with Gasteiger partial charge in [0.05, 0.1) is 16.9 Å². The van der Waals surface area contributed by atoms with Crippen molar-refractivity contribution >= 4 is 27.3 Å². The maximum Gasteiger partial charge on any atom is 0.200 e. The average Bonchev–Trinajstić information content (AvgIpc) is 3.38. The first-order chi connectivity index (χ1) is 17.3. The van der Waals surface area contributed by atoms with Crippen molar-refractivity contribution in [3.8, 4) is 34.0 Å². The summed E-state index contributed by atoms with van der Waals surface area (Å²) < 4.78 is 1.82. The number of aromatic nitrogens is 5. The Morgan fingerprint density at radius 3 is 2.14 bits per heavy atom. The van der Waals surface area contributed by atoms with Gasteiger partial charge in [-0.2, -0.15) is 0 Å². The van der Waals surface area contributed by atoms with Crippen molar-refractivity contribution in [3.05, 3.63) is 115 Å². The Labute approximate surface area is 201 Å². The molecule has 0 aliphatic rings. The molecule has 0 saturated heterocycles. The fraction of sp³-hybridized carbons (Fsp3) is 0. The summed E-state index contributed by atoms with van der Waals surface area (Å²) in [4.78, 5) is 14.8. The summed E-state index contributed by atoms with van der Waals surface area (Å²) in [7, 11) is 0. The van der Waals surface area contributed by atoms with Crippen LogP contribution in [0.15, 0.2) is 115 Å². The molecular formula is C30H19N5. The van der Waals surface area contributed by atoms with Gasteiger partial charge in [-0.05, 0) is 41.3 Å². The lowest BCUT2D eigenvalue weighted by molar-refractivity contribution is 0.963. The number of hydrogen-bond donors (Lipinski definition) is 0. The van der Waals surface area contributed by atoms with Crippen LogP contribution < -0.4 is 0 Å². The molecule has 0 fully saturated rings. The Kier molecular flexibility index (Phi) is 4.39. The third kappa shape index (κ3) is 3.25. The molecule has 0 N–H and O–H groups in total. The molecular weight excluding hydrogens is 430 g/mol. The molecule has 5 nitrogen and oxygen atoms in total. The van der Waals surface area contributed by atoms with Crippen LogP contribution in [0.3, 0.4) is 0 Å². The van der Waals surface area contributed by atoms with Crippen molar-refractivity contribution in [3.63, 3.8) is 0 Å². The van der Waals surface area contributed by atoms with E-state index in [0.717, 1.165) is 44.5 Å². The highest BCUT2D eigenvalue weighted by molar-refractivity contribution is 6.10. The van der Waals surface area contributed by atoms with E-state index in [1.54, 1.807) is 0 Å². The van der Waals surface area contributed by atoms with Gasteiger partial charge in [0.1, 0.15) is 5.69 Å². The largest absolute Gasteiger partial charge is 0.245 e. The molecule has 7 rings (SSSR count). The molecule has 0 unspecified atom stereocenters. The minimum atomic E-state index is 0.584. The van der Waals surface area contributed by atoms with Crippen molar-refractivity contribution in [1.82, 2.24) is 24.6 Å². The maximum absolute atomic E-state index is 5.00. The van der Waals surface area contributed by atoms with Gasteiger partial charge < -0.3 is 0 Å². The van der Waals surface area contributed by atoms with Crippen LogP contribution in [0.2, 0.25) is 0 Å². The molecule has 4 aromatic heterocycles. The molecule has 4 heterocycles. The lowest BCUT2D eigenvalue weighted by atomic mass is 10.0. The van der Waals surface area contributed by atoms with Crippen molar-refractivity contribution in [2.75, 3.05) is 0 Å². The van der Waals surface area contributed by atoms with E-state index in [2.05, 4.69) is 42.5 Å². The zero-order chi connectivity index (χ0) is 23.2. The first-order valence-corrected chi connectivity index (χ1v) is 11.5. The second-order valence-corrected chi connectivity index (χ2v) is 8.42.